The highest BCUT2D eigenvalue weighted by Gasteiger charge is 2.16. The fraction of sp³-hybridized carbons (Fsp3) is 0.273. The van der Waals surface area contributed by atoms with E-state index in [2.05, 4.69) is 55.5 Å². The molecule has 0 spiro atoms. The highest BCUT2D eigenvalue weighted by Crippen LogP contribution is 2.28. The van der Waals surface area contributed by atoms with Gasteiger partial charge >= 0.3 is 0 Å². The van der Waals surface area contributed by atoms with Gasteiger partial charge in [0.2, 0.25) is 0 Å². The van der Waals surface area contributed by atoms with E-state index < -0.39 is 0 Å². The maximum atomic E-state index is 12.9. The second-order valence-electron chi connectivity index (χ2n) is 6.59. The lowest BCUT2D eigenvalue weighted by Crippen LogP contribution is -2.17. The third-order valence-electron chi connectivity index (χ3n) is 4.76. The van der Waals surface area contributed by atoms with E-state index in [9.17, 15) is 4.79 Å². The first-order valence-corrected chi connectivity index (χ1v) is 10.3. The van der Waals surface area contributed by atoms with Crippen molar-refractivity contribution in [2.24, 2.45) is 4.99 Å². The quantitative estimate of drug-likeness (QED) is 0.560. The molecule has 3 aromatic rings. The van der Waals surface area contributed by atoms with Crippen molar-refractivity contribution in [2.45, 2.75) is 34.2 Å². The van der Waals surface area contributed by atoms with Gasteiger partial charge in [-0.25, -0.2) is 0 Å². The molecule has 1 heterocycles. The van der Waals surface area contributed by atoms with E-state index >= 15 is 0 Å². The Morgan fingerprint density at radius 3 is 2.54 bits per heavy atom. The number of ether oxygens (including phenoxy) is 1. The van der Waals surface area contributed by atoms with Crippen LogP contribution >= 0.6 is 22.9 Å². The molecule has 146 valence electrons. The van der Waals surface area contributed by atoms with Gasteiger partial charge in [0, 0.05) is 16.4 Å². The number of rotatable bonds is 4. The van der Waals surface area contributed by atoms with Gasteiger partial charge in [-0.05, 0) is 68.7 Å². The van der Waals surface area contributed by atoms with Crippen molar-refractivity contribution in [2.75, 3.05) is 7.11 Å². The van der Waals surface area contributed by atoms with E-state index in [0.717, 1.165) is 16.1 Å². The molecule has 1 aromatic heterocycles. The molecule has 0 fully saturated rings. The van der Waals surface area contributed by atoms with Crippen molar-refractivity contribution in [3.05, 3.63) is 67.8 Å². The first kappa shape index (κ1) is 20.4. The Labute approximate surface area is 174 Å². The Balaban J connectivity index is 2.14. The molecule has 0 aliphatic heterocycles. The number of methoxy groups -OCH3 is 1. The normalized spacial score (nSPS) is 11.7. The Hall–Kier alpha value is -2.37. The zero-order chi connectivity index (χ0) is 20.4. The number of hydrogen-bond acceptors (Lipinski definition) is 3. The van der Waals surface area contributed by atoms with Gasteiger partial charge in [-0.1, -0.05) is 23.7 Å². The molecule has 0 N–H and O–H groups in total. The van der Waals surface area contributed by atoms with Gasteiger partial charge in [0.1, 0.15) is 5.75 Å². The van der Waals surface area contributed by atoms with E-state index in [1.54, 1.807) is 18.2 Å². The summed E-state index contributed by atoms with van der Waals surface area (Å²) in [4.78, 5) is 19.0. The molecule has 0 aliphatic rings. The largest absolute Gasteiger partial charge is 0.496 e. The van der Waals surface area contributed by atoms with Crippen LogP contribution in [0.3, 0.4) is 0 Å². The number of aromatic nitrogens is 1. The lowest BCUT2D eigenvalue weighted by atomic mass is 10.0. The topological polar surface area (TPSA) is 43.6 Å². The third-order valence-corrected chi connectivity index (χ3v) is 5.99. The van der Waals surface area contributed by atoms with Crippen molar-refractivity contribution in [1.82, 2.24) is 4.57 Å². The summed E-state index contributed by atoms with van der Waals surface area (Å²) in [6.07, 6.45) is 0. The maximum absolute atomic E-state index is 12.9. The molecule has 28 heavy (non-hydrogen) atoms. The van der Waals surface area contributed by atoms with Crippen LogP contribution in [0.15, 0.2) is 41.4 Å². The molecular formula is C22H23ClN2O2S. The summed E-state index contributed by atoms with van der Waals surface area (Å²) in [7, 11) is 1.53. The summed E-state index contributed by atoms with van der Waals surface area (Å²) in [5.41, 5.74) is 5.08. The fourth-order valence-electron chi connectivity index (χ4n) is 3.14. The van der Waals surface area contributed by atoms with Crippen LogP contribution < -0.4 is 9.54 Å². The number of carbonyl (C=O) groups excluding carboxylic acids is 1. The number of aryl methyl sites for hydroxylation is 3. The second kappa shape index (κ2) is 8.33. The van der Waals surface area contributed by atoms with Gasteiger partial charge in [0.05, 0.1) is 18.4 Å². The fourth-order valence-corrected chi connectivity index (χ4v) is 4.37. The van der Waals surface area contributed by atoms with Gasteiger partial charge in [-0.15, -0.1) is 11.3 Å². The summed E-state index contributed by atoms with van der Waals surface area (Å²) in [5.74, 6) is 0.0956. The van der Waals surface area contributed by atoms with E-state index in [0.29, 0.717) is 27.7 Å². The lowest BCUT2D eigenvalue weighted by molar-refractivity contribution is 0.0995. The van der Waals surface area contributed by atoms with Crippen molar-refractivity contribution >= 4 is 28.8 Å². The molecule has 0 atom stereocenters. The number of thiazole rings is 1. The molecule has 3 rings (SSSR count). The highest BCUT2D eigenvalue weighted by atomic mass is 35.5. The Morgan fingerprint density at radius 2 is 1.89 bits per heavy atom. The molecule has 1 amide bonds. The highest BCUT2D eigenvalue weighted by molar-refractivity contribution is 7.09. The number of benzene rings is 2. The number of amides is 1. The molecule has 6 heteroatoms. The van der Waals surface area contributed by atoms with Crippen LogP contribution in [0, 0.1) is 20.8 Å². The van der Waals surface area contributed by atoms with Crippen LogP contribution in [0.4, 0.5) is 0 Å². The molecule has 0 saturated heterocycles. The van der Waals surface area contributed by atoms with E-state index in [-0.39, 0.29) is 5.91 Å². The number of nitrogens with zero attached hydrogens (tertiary/aromatic N) is 2. The average molecular weight is 415 g/mol. The van der Waals surface area contributed by atoms with Crippen LogP contribution in [-0.4, -0.2) is 17.6 Å². The van der Waals surface area contributed by atoms with Gasteiger partial charge in [0.15, 0.2) is 4.80 Å². The molecule has 0 aliphatic carbocycles. The predicted molar refractivity (Wildman–Crippen MR) is 116 cm³/mol. The summed E-state index contributed by atoms with van der Waals surface area (Å²) < 4.78 is 7.38. The number of halogens is 1. The summed E-state index contributed by atoms with van der Waals surface area (Å²) in [5, 5.41) is 0.473. The SMILES string of the molecule is CCn1c(-c2ccc(C)c(C)c2)c(C)sc1=NC(=O)c1cc(Cl)ccc1OC. The van der Waals surface area contributed by atoms with Crippen LogP contribution in [0.25, 0.3) is 11.3 Å². The van der Waals surface area contributed by atoms with Crippen LogP contribution in [-0.2, 0) is 6.54 Å². The van der Waals surface area contributed by atoms with Crippen LogP contribution in [0.2, 0.25) is 5.02 Å². The average Bonchev–Trinajstić information content (AvgIpc) is 2.98. The van der Waals surface area contributed by atoms with Gasteiger partial charge < -0.3 is 9.30 Å². The van der Waals surface area contributed by atoms with E-state index in [1.165, 1.54) is 29.6 Å². The molecule has 2 aromatic carbocycles. The summed E-state index contributed by atoms with van der Waals surface area (Å²) >= 11 is 7.58. The first-order valence-electron chi connectivity index (χ1n) is 9.06. The number of carbonyl (C=O) groups is 1. The zero-order valence-electron chi connectivity index (χ0n) is 16.7. The molecule has 0 saturated carbocycles. The molecule has 0 bridgehead atoms. The zero-order valence-corrected chi connectivity index (χ0v) is 18.2. The Morgan fingerprint density at radius 1 is 1.14 bits per heavy atom. The van der Waals surface area contributed by atoms with Crippen molar-refractivity contribution in [3.8, 4) is 17.0 Å². The summed E-state index contributed by atoms with van der Waals surface area (Å²) in [6, 6.07) is 11.4. The molecule has 4 nitrogen and oxygen atoms in total. The smallest absolute Gasteiger partial charge is 0.283 e. The minimum Gasteiger partial charge on any atom is -0.496 e. The minimum absolute atomic E-state index is 0.358. The minimum atomic E-state index is -0.366. The van der Waals surface area contributed by atoms with Crippen molar-refractivity contribution in [3.63, 3.8) is 0 Å². The van der Waals surface area contributed by atoms with E-state index in [1.807, 2.05) is 0 Å². The van der Waals surface area contributed by atoms with Gasteiger partial charge in [0.25, 0.3) is 5.91 Å². The van der Waals surface area contributed by atoms with Gasteiger partial charge in [-0.3, -0.25) is 4.79 Å². The Kier molecular flexibility index (Phi) is 6.06. The first-order chi connectivity index (χ1) is 13.3. The molecular weight excluding hydrogens is 392 g/mol. The summed E-state index contributed by atoms with van der Waals surface area (Å²) in [6.45, 7) is 9.04. The second-order valence-corrected chi connectivity index (χ2v) is 8.21. The van der Waals surface area contributed by atoms with Crippen molar-refractivity contribution < 1.29 is 9.53 Å². The molecule has 0 radical (unpaired) electrons. The third kappa shape index (κ3) is 3.91. The molecule has 0 unspecified atom stereocenters. The number of hydrogen-bond donors (Lipinski definition) is 0. The standard InChI is InChI=1S/C22H23ClN2O2S/c1-6-25-20(16-8-7-13(2)14(3)11-16)15(4)28-22(25)24-21(26)18-12-17(23)9-10-19(18)27-5/h7-12H,6H2,1-5H3. The monoisotopic (exact) mass is 414 g/mol. The van der Waals surface area contributed by atoms with Crippen LogP contribution in [0.5, 0.6) is 5.75 Å². The van der Waals surface area contributed by atoms with Gasteiger partial charge in [-0.2, -0.15) is 4.99 Å². The Bertz CT molecular complexity index is 1110. The van der Waals surface area contributed by atoms with E-state index in [4.69, 9.17) is 16.3 Å². The maximum Gasteiger partial charge on any atom is 0.283 e. The predicted octanol–water partition coefficient (Wildman–Crippen LogP) is 5.56. The lowest BCUT2D eigenvalue weighted by Gasteiger charge is -2.10. The van der Waals surface area contributed by atoms with Crippen LogP contribution in [0.1, 0.15) is 33.3 Å². The van der Waals surface area contributed by atoms with Crippen molar-refractivity contribution in [1.29, 1.82) is 0 Å².